The SMILES string of the molecule is COc1cc2c(cc1OC)CN(C[C@H]1C[C@@H](c3ccc(CO)cc3)O[C@@H](c3ccc(CNC(=O)CCCCC(=O)Nc4ccccc4N)cc3)O1)CC2. The molecule has 0 aromatic heterocycles. The first-order valence-corrected chi connectivity index (χ1v) is 18.3. The van der Waals surface area contributed by atoms with Gasteiger partial charge in [0.15, 0.2) is 17.8 Å². The van der Waals surface area contributed by atoms with Gasteiger partial charge in [-0.2, -0.15) is 0 Å². The van der Waals surface area contributed by atoms with Crippen LogP contribution in [0.1, 0.15) is 77.9 Å². The topological polar surface area (TPSA) is 145 Å². The summed E-state index contributed by atoms with van der Waals surface area (Å²) in [5.41, 5.74) is 13.3. The number of benzene rings is 4. The van der Waals surface area contributed by atoms with Crippen LogP contribution in [0.5, 0.6) is 11.5 Å². The van der Waals surface area contributed by atoms with Crippen LogP contribution in [0.2, 0.25) is 0 Å². The number of ether oxygens (including phenoxy) is 4. The van der Waals surface area contributed by atoms with E-state index < -0.39 is 6.29 Å². The second-order valence-electron chi connectivity index (χ2n) is 13.7. The molecule has 1 fully saturated rings. The van der Waals surface area contributed by atoms with E-state index in [1.807, 2.05) is 60.7 Å². The van der Waals surface area contributed by atoms with Crippen molar-refractivity contribution >= 4 is 23.2 Å². The molecule has 0 aliphatic carbocycles. The summed E-state index contributed by atoms with van der Waals surface area (Å²) in [5.74, 6) is 1.31. The Morgan fingerprint density at radius 3 is 2.21 bits per heavy atom. The number of hydrogen-bond donors (Lipinski definition) is 4. The van der Waals surface area contributed by atoms with Crippen LogP contribution in [0.15, 0.2) is 84.9 Å². The maximum absolute atomic E-state index is 12.6. The molecule has 2 heterocycles. The van der Waals surface area contributed by atoms with E-state index in [0.29, 0.717) is 50.0 Å². The lowest BCUT2D eigenvalue weighted by Crippen LogP contribution is -2.41. The van der Waals surface area contributed by atoms with Crippen molar-refractivity contribution in [3.8, 4) is 11.5 Å². The number of fused-ring (bicyclic) bond motifs is 1. The van der Waals surface area contributed by atoms with Gasteiger partial charge in [-0.3, -0.25) is 14.5 Å². The van der Waals surface area contributed by atoms with Crippen molar-refractivity contribution in [1.29, 1.82) is 0 Å². The van der Waals surface area contributed by atoms with Gasteiger partial charge in [-0.1, -0.05) is 60.7 Å². The Kier molecular flexibility index (Phi) is 13.0. The molecule has 0 radical (unpaired) electrons. The molecule has 3 atom stereocenters. The third kappa shape index (κ3) is 10.1. The number of nitrogen functional groups attached to an aromatic ring is 1. The van der Waals surface area contributed by atoms with Crippen LogP contribution in [0.3, 0.4) is 0 Å². The second kappa shape index (κ2) is 18.2. The van der Waals surface area contributed by atoms with Crippen molar-refractivity contribution in [3.63, 3.8) is 0 Å². The molecular formula is C42H50N4O7. The van der Waals surface area contributed by atoms with E-state index in [9.17, 15) is 14.7 Å². The lowest BCUT2D eigenvalue weighted by atomic mass is 9.97. The van der Waals surface area contributed by atoms with Crippen molar-refractivity contribution in [2.45, 2.75) is 76.7 Å². The molecule has 6 rings (SSSR count). The minimum absolute atomic E-state index is 0.00969. The Hall–Kier alpha value is -4.94. The van der Waals surface area contributed by atoms with Crippen molar-refractivity contribution in [3.05, 3.63) is 118 Å². The summed E-state index contributed by atoms with van der Waals surface area (Å²) in [4.78, 5) is 27.2. The van der Waals surface area contributed by atoms with E-state index in [0.717, 1.165) is 59.8 Å². The highest BCUT2D eigenvalue weighted by Gasteiger charge is 2.34. The predicted octanol–water partition coefficient (Wildman–Crippen LogP) is 6.20. The number of anilines is 2. The van der Waals surface area contributed by atoms with Crippen LogP contribution in [0.25, 0.3) is 0 Å². The largest absolute Gasteiger partial charge is 0.493 e. The first-order chi connectivity index (χ1) is 25.8. The highest BCUT2D eigenvalue weighted by atomic mass is 16.7. The van der Waals surface area contributed by atoms with Crippen LogP contribution in [0.4, 0.5) is 11.4 Å². The minimum atomic E-state index is -0.572. The minimum Gasteiger partial charge on any atom is -0.493 e. The summed E-state index contributed by atoms with van der Waals surface area (Å²) in [7, 11) is 3.33. The summed E-state index contributed by atoms with van der Waals surface area (Å²) in [6.45, 7) is 2.83. The van der Waals surface area contributed by atoms with Gasteiger partial charge in [0.05, 0.1) is 44.4 Å². The lowest BCUT2D eigenvalue weighted by Gasteiger charge is -2.39. The molecule has 0 unspecified atom stereocenters. The molecule has 11 nitrogen and oxygen atoms in total. The molecule has 1 saturated heterocycles. The van der Waals surface area contributed by atoms with E-state index in [-0.39, 0.29) is 30.6 Å². The molecule has 0 saturated carbocycles. The van der Waals surface area contributed by atoms with E-state index in [1.165, 1.54) is 11.1 Å². The van der Waals surface area contributed by atoms with E-state index in [4.69, 9.17) is 24.7 Å². The molecule has 5 N–H and O–H groups in total. The number of rotatable bonds is 15. The molecule has 2 aliphatic rings. The van der Waals surface area contributed by atoms with Crippen molar-refractivity contribution in [2.75, 3.05) is 38.4 Å². The van der Waals surface area contributed by atoms with E-state index >= 15 is 0 Å². The maximum atomic E-state index is 12.6. The average Bonchev–Trinajstić information content (AvgIpc) is 3.19. The van der Waals surface area contributed by atoms with Crippen molar-refractivity contribution in [1.82, 2.24) is 10.2 Å². The smallest absolute Gasteiger partial charge is 0.224 e. The number of unbranched alkanes of at least 4 members (excludes halogenated alkanes) is 1. The number of aliphatic hydroxyl groups is 1. The fourth-order valence-electron chi connectivity index (χ4n) is 6.89. The van der Waals surface area contributed by atoms with Gasteiger partial charge in [0.2, 0.25) is 11.8 Å². The van der Waals surface area contributed by atoms with Crippen LogP contribution in [-0.4, -0.2) is 55.2 Å². The molecule has 2 amide bonds. The molecule has 280 valence electrons. The number of carbonyl (C=O) groups excluding carboxylic acids is 2. The number of hydrogen-bond acceptors (Lipinski definition) is 9. The van der Waals surface area contributed by atoms with Crippen LogP contribution in [0, 0.1) is 0 Å². The Morgan fingerprint density at radius 2 is 1.51 bits per heavy atom. The molecule has 53 heavy (non-hydrogen) atoms. The Labute approximate surface area is 311 Å². The average molecular weight is 723 g/mol. The molecule has 11 heteroatoms. The molecule has 0 spiro atoms. The van der Waals surface area contributed by atoms with Gasteiger partial charge in [0.1, 0.15) is 0 Å². The summed E-state index contributed by atoms with van der Waals surface area (Å²) >= 11 is 0. The molecule has 4 aromatic carbocycles. The van der Waals surface area contributed by atoms with Crippen molar-refractivity contribution < 1.29 is 33.6 Å². The Morgan fingerprint density at radius 1 is 0.849 bits per heavy atom. The lowest BCUT2D eigenvalue weighted by molar-refractivity contribution is -0.253. The van der Waals surface area contributed by atoms with Crippen LogP contribution in [-0.2, 0) is 45.2 Å². The third-order valence-electron chi connectivity index (χ3n) is 9.91. The number of carbonyl (C=O) groups is 2. The van der Waals surface area contributed by atoms with Crippen LogP contribution >= 0.6 is 0 Å². The third-order valence-corrected chi connectivity index (χ3v) is 9.91. The number of nitrogens with two attached hydrogens (primary N) is 1. The quantitative estimate of drug-likeness (QED) is 0.0833. The first kappa shape index (κ1) is 37.8. The van der Waals surface area contributed by atoms with E-state index in [1.54, 1.807) is 26.4 Å². The Balaban J connectivity index is 1.03. The summed E-state index contributed by atoms with van der Waals surface area (Å²) < 4.78 is 24.3. The van der Waals surface area contributed by atoms with Crippen LogP contribution < -0.4 is 25.8 Å². The normalized spacial score (nSPS) is 18.5. The summed E-state index contributed by atoms with van der Waals surface area (Å²) in [6.07, 6.45) is 2.64. The van der Waals surface area contributed by atoms with Gasteiger partial charge >= 0.3 is 0 Å². The standard InChI is InChI=1S/C42H50N4O7/c1-50-38-21-32-19-20-46(25-33(32)22-39(38)51-2)26-34-23-37(30-15-13-29(27-47)14-16-30)53-42(52-34)31-17-11-28(12-18-31)24-44-40(48)9-5-6-10-41(49)45-36-8-4-3-7-35(36)43/h3-4,7-8,11-18,21-22,34,37,42,47H,5-6,9-10,19-20,23-27,43H2,1-2H3,(H,44,48)(H,45,49)/t34-,37+,42+/m1/s1. The van der Waals surface area contributed by atoms with Gasteiger partial charge < -0.3 is 40.4 Å². The number of methoxy groups -OCH3 is 2. The highest BCUT2D eigenvalue weighted by molar-refractivity contribution is 5.93. The predicted molar refractivity (Wildman–Crippen MR) is 203 cm³/mol. The fourth-order valence-corrected chi connectivity index (χ4v) is 6.89. The zero-order valence-corrected chi connectivity index (χ0v) is 30.5. The molecule has 4 aromatic rings. The zero-order chi connectivity index (χ0) is 37.2. The van der Waals surface area contributed by atoms with Gasteiger partial charge in [-0.25, -0.2) is 0 Å². The Bertz CT molecular complexity index is 1830. The highest BCUT2D eigenvalue weighted by Crippen LogP contribution is 2.39. The first-order valence-electron chi connectivity index (χ1n) is 18.3. The second-order valence-corrected chi connectivity index (χ2v) is 13.7. The number of aliphatic hydroxyl groups excluding tert-OH is 1. The number of nitrogens with zero attached hydrogens (tertiary/aromatic N) is 1. The van der Waals surface area contributed by atoms with Crippen molar-refractivity contribution in [2.24, 2.45) is 0 Å². The number of amides is 2. The number of nitrogens with one attached hydrogen (secondary N) is 2. The van der Waals surface area contributed by atoms with Gasteiger partial charge in [-0.05, 0) is 71.3 Å². The van der Waals surface area contributed by atoms with Gasteiger partial charge in [0, 0.05) is 51.0 Å². The fraction of sp³-hybridized carbons (Fsp3) is 0.381. The molecule has 0 bridgehead atoms. The summed E-state index contributed by atoms with van der Waals surface area (Å²) in [5, 5.41) is 15.4. The van der Waals surface area contributed by atoms with Gasteiger partial charge in [-0.15, -0.1) is 0 Å². The van der Waals surface area contributed by atoms with Gasteiger partial charge in [0.25, 0.3) is 0 Å². The molecular weight excluding hydrogens is 672 g/mol. The number of para-hydroxylation sites is 2. The summed E-state index contributed by atoms with van der Waals surface area (Å²) in [6, 6.07) is 27.2. The monoisotopic (exact) mass is 722 g/mol. The van der Waals surface area contributed by atoms with E-state index in [2.05, 4.69) is 27.7 Å². The molecule has 2 aliphatic heterocycles. The maximum Gasteiger partial charge on any atom is 0.224 e. The zero-order valence-electron chi connectivity index (χ0n) is 30.5.